The SMILES string of the molecule is O=C(c1ccc(COc2ccccc2)o1)N1CCN2CCCCC2C1. The van der Waals surface area contributed by atoms with Crippen LogP contribution in [-0.2, 0) is 6.61 Å². The van der Waals surface area contributed by atoms with Crippen molar-refractivity contribution < 1.29 is 13.9 Å². The summed E-state index contributed by atoms with van der Waals surface area (Å²) in [6.45, 7) is 4.07. The molecule has 1 amide bonds. The number of ether oxygens (including phenoxy) is 1. The van der Waals surface area contributed by atoms with Crippen LogP contribution in [0.3, 0.4) is 0 Å². The normalized spacial score (nSPS) is 21.0. The van der Waals surface area contributed by atoms with Crippen LogP contribution in [0.4, 0.5) is 0 Å². The molecule has 1 unspecified atom stereocenters. The second-order valence-corrected chi connectivity index (χ2v) is 6.80. The molecule has 2 aliphatic rings. The van der Waals surface area contributed by atoms with Crippen molar-refractivity contribution in [2.24, 2.45) is 0 Å². The molecule has 25 heavy (non-hydrogen) atoms. The maximum Gasteiger partial charge on any atom is 0.289 e. The Morgan fingerprint density at radius 3 is 2.84 bits per heavy atom. The van der Waals surface area contributed by atoms with E-state index in [2.05, 4.69) is 4.90 Å². The summed E-state index contributed by atoms with van der Waals surface area (Å²) in [6, 6.07) is 13.7. The predicted octanol–water partition coefficient (Wildman–Crippen LogP) is 3.17. The molecule has 1 atom stereocenters. The van der Waals surface area contributed by atoms with Crippen molar-refractivity contribution >= 4 is 5.91 Å². The lowest BCUT2D eigenvalue weighted by Crippen LogP contribution is -2.56. The lowest BCUT2D eigenvalue weighted by atomic mass is 9.99. The molecule has 0 radical (unpaired) electrons. The fourth-order valence-electron chi connectivity index (χ4n) is 3.74. The Balaban J connectivity index is 1.35. The Kier molecular flexibility index (Phi) is 4.74. The van der Waals surface area contributed by atoms with Crippen LogP contribution in [0.1, 0.15) is 35.6 Å². The van der Waals surface area contributed by atoms with E-state index in [0.29, 0.717) is 24.2 Å². The van der Waals surface area contributed by atoms with E-state index < -0.39 is 0 Å². The molecule has 2 aromatic rings. The molecular formula is C20H24N2O3. The molecule has 0 N–H and O–H groups in total. The number of nitrogens with zero attached hydrogens (tertiary/aromatic N) is 2. The van der Waals surface area contributed by atoms with Gasteiger partial charge in [0.2, 0.25) is 0 Å². The first-order chi connectivity index (χ1) is 12.3. The number of hydrogen-bond acceptors (Lipinski definition) is 4. The maximum atomic E-state index is 12.7. The lowest BCUT2D eigenvalue weighted by Gasteiger charge is -2.43. The number of hydrogen-bond donors (Lipinski definition) is 0. The third-order valence-electron chi connectivity index (χ3n) is 5.12. The zero-order valence-electron chi connectivity index (χ0n) is 14.4. The van der Waals surface area contributed by atoms with Gasteiger partial charge in [-0.25, -0.2) is 0 Å². The van der Waals surface area contributed by atoms with Crippen LogP contribution >= 0.6 is 0 Å². The minimum atomic E-state index is -0.00353. The summed E-state index contributed by atoms with van der Waals surface area (Å²) >= 11 is 0. The zero-order valence-corrected chi connectivity index (χ0v) is 14.4. The van der Waals surface area contributed by atoms with Crippen molar-refractivity contribution in [3.8, 4) is 5.75 Å². The largest absolute Gasteiger partial charge is 0.486 e. The molecule has 0 bridgehead atoms. The smallest absolute Gasteiger partial charge is 0.289 e. The van der Waals surface area contributed by atoms with Crippen molar-refractivity contribution in [2.75, 3.05) is 26.2 Å². The minimum Gasteiger partial charge on any atom is -0.486 e. The first kappa shape index (κ1) is 16.2. The van der Waals surface area contributed by atoms with Gasteiger partial charge in [0.05, 0.1) is 0 Å². The van der Waals surface area contributed by atoms with E-state index in [9.17, 15) is 4.79 Å². The summed E-state index contributed by atoms with van der Waals surface area (Å²) in [5.41, 5.74) is 0. The highest BCUT2D eigenvalue weighted by Crippen LogP contribution is 2.23. The van der Waals surface area contributed by atoms with Crippen molar-refractivity contribution in [3.63, 3.8) is 0 Å². The number of carbonyl (C=O) groups excluding carboxylic acids is 1. The molecule has 1 aromatic heterocycles. The quantitative estimate of drug-likeness (QED) is 0.858. The third kappa shape index (κ3) is 3.71. The number of carbonyl (C=O) groups is 1. The standard InChI is InChI=1S/C20H24N2O3/c23-20(22-13-12-21-11-5-4-6-16(21)14-22)19-10-9-18(25-19)15-24-17-7-2-1-3-8-17/h1-3,7-10,16H,4-6,11-15H2. The van der Waals surface area contributed by atoms with Crippen LogP contribution in [0.5, 0.6) is 5.75 Å². The van der Waals surface area contributed by atoms with Gasteiger partial charge in [0.15, 0.2) is 5.76 Å². The van der Waals surface area contributed by atoms with E-state index in [-0.39, 0.29) is 5.91 Å². The highest BCUT2D eigenvalue weighted by Gasteiger charge is 2.32. The fourth-order valence-corrected chi connectivity index (χ4v) is 3.74. The zero-order chi connectivity index (χ0) is 17.1. The first-order valence-corrected chi connectivity index (χ1v) is 9.09. The van der Waals surface area contributed by atoms with Crippen LogP contribution in [0.2, 0.25) is 0 Å². The molecule has 5 nitrogen and oxygen atoms in total. The van der Waals surface area contributed by atoms with Gasteiger partial charge < -0.3 is 14.1 Å². The molecule has 3 heterocycles. The fraction of sp³-hybridized carbons (Fsp3) is 0.450. The van der Waals surface area contributed by atoms with Gasteiger partial charge in [-0.05, 0) is 43.7 Å². The average molecular weight is 340 g/mol. The number of amides is 1. The van der Waals surface area contributed by atoms with Crippen LogP contribution in [0, 0.1) is 0 Å². The summed E-state index contributed by atoms with van der Waals surface area (Å²) in [5, 5.41) is 0. The molecule has 0 aliphatic carbocycles. The summed E-state index contributed by atoms with van der Waals surface area (Å²) in [5.74, 6) is 1.87. The molecule has 2 fully saturated rings. The molecule has 0 saturated carbocycles. The van der Waals surface area contributed by atoms with Crippen LogP contribution in [0.15, 0.2) is 46.9 Å². The molecule has 2 saturated heterocycles. The summed E-state index contributed by atoms with van der Waals surface area (Å²) in [6.07, 6.45) is 3.75. The number of furan rings is 1. The van der Waals surface area contributed by atoms with Crippen molar-refractivity contribution in [1.82, 2.24) is 9.80 Å². The second-order valence-electron chi connectivity index (χ2n) is 6.80. The van der Waals surface area contributed by atoms with E-state index in [1.807, 2.05) is 41.3 Å². The number of rotatable bonds is 4. The Morgan fingerprint density at radius 2 is 1.96 bits per heavy atom. The highest BCUT2D eigenvalue weighted by atomic mass is 16.5. The molecule has 1 aromatic carbocycles. The van der Waals surface area contributed by atoms with Gasteiger partial charge >= 0.3 is 0 Å². The van der Waals surface area contributed by atoms with Crippen molar-refractivity contribution in [2.45, 2.75) is 31.9 Å². The monoisotopic (exact) mass is 340 g/mol. The molecule has 5 heteroatoms. The molecule has 4 rings (SSSR count). The van der Waals surface area contributed by atoms with E-state index in [0.717, 1.165) is 25.4 Å². The van der Waals surface area contributed by atoms with E-state index in [4.69, 9.17) is 9.15 Å². The topological polar surface area (TPSA) is 45.9 Å². The Bertz CT molecular complexity index is 713. The second kappa shape index (κ2) is 7.31. The summed E-state index contributed by atoms with van der Waals surface area (Å²) < 4.78 is 11.4. The Hall–Kier alpha value is -2.27. The maximum absolute atomic E-state index is 12.7. The van der Waals surface area contributed by atoms with Gasteiger partial charge in [-0.1, -0.05) is 24.6 Å². The molecular weight excluding hydrogens is 316 g/mol. The molecule has 2 aliphatic heterocycles. The number of para-hydroxylation sites is 1. The Labute approximate surface area is 148 Å². The van der Waals surface area contributed by atoms with Crippen molar-refractivity contribution in [1.29, 1.82) is 0 Å². The number of piperidine rings is 1. The Morgan fingerprint density at radius 1 is 1.08 bits per heavy atom. The van der Waals surface area contributed by atoms with E-state index in [1.165, 1.54) is 25.8 Å². The van der Waals surface area contributed by atoms with Crippen LogP contribution < -0.4 is 4.74 Å². The number of fused-ring (bicyclic) bond motifs is 1. The molecule has 132 valence electrons. The van der Waals surface area contributed by atoms with Gasteiger partial charge in [-0.15, -0.1) is 0 Å². The van der Waals surface area contributed by atoms with Crippen LogP contribution in [-0.4, -0.2) is 47.9 Å². The van der Waals surface area contributed by atoms with E-state index in [1.54, 1.807) is 6.07 Å². The van der Waals surface area contributed by atoms with Crippen LogP contribution in [0.25, 0.3) is 0 Å². The first-order valence-electron chi connectivity index (χ1n) is 9.09. The lowest BCUT2D eigenvalue weighted by molar-refractivity contribution is 0.0348. The van der Waals surface area contributed by atoms with Gasteiger partial charge in [-0.2, -0.15) is 0 Å². The van der Waals surface area contributed by atoms with Gasteiger partial charge in [-0.3, -0.25) is 9.69 Å². The molecule has 0 spiro atoms. The minimum absolute atomic E-state index is 0.00353. The van der Waals surface area contributed by atoms with Gasteiger partial charge in [0.1, 0.15) is 18.1 Å². The number of benzene rings is 1. The van der Waals surface area contributed by atoms with Gasteiger partial charge in [0.25, 0.3) is 5.91 Å². The van der Waals surface area contributed by atoms with Crippen molar-refractivity contribution in [3.05, 3.63) is 54.0 Å². The number of piperazine rings is 1. The van der Waals surface area contributed by atoms with Gasteiger partial charge in [0, 0.05) is 25.7 Å². The average Bonchev–Trinajstić information content (AvgIpc) is 3.15. The highest BCUT2D eigenvalue weighted by molar-refractivity contribution is 5.91. The summed E-state index contributed by atoms with van der Waals surface area (Å²) in [4.78, 5) is 17.2. The summed E-state index contributed by atoms with van der Waals surface area (Å²) in [7, 11) is 0. The van der Waals surface area contributed by atoms with E-state index >= 15 is 0 Å². The third-order valence-corrected chi connectivity index (χ3v) is 5.12. The predicted molar refractivity (Wildman–Crippen MR) is 94.6 cm³/mol.